The number of rotatable bonds is 7. The van der Waals surface area contributed by atoms with E-state index < -0.39 is 17.7 Å². The maximum absolute atomic E-state index is 12.8. The number of carbonyl (C=O) groups excluding carboxylic acids is 1. The molecule has 0 aliphatic rings. The minimum atomic E-state index is -1.08. The van der Waals surface area contributed by atoms with Gasteiger partial charge in [0, 0.05) is 6.54 Å². The molecule has 6 heteroatoms. The molecule has 1 aromatic rings. The second-order valence-electron chi connectivity index (χ2n) is 4.61. The number of carboxylic acids is 1. The first-order chi connectivity index (χ1) is 9.40. The maximum Gasteiger partial charge on any atom is 0.312 e. The van der Waals surface area contributed by atoms with E-state index in [1.54, 1.807) is 13.8 Å². The molecule has 0 heterocycles. The molecule has 0 aliphatic carbocycles. The molecule has 0 saturated carbocycles. The van der Waals surface area contributed by atoms with Crippen LogP contribution in [-0.2, 0) is 14.3 Å². The average molecular weight is 283 g/mol. The van der Waals surface area contributed by atoms with E-state index in [2.05, 4.69) is 5.32 Å². The summed E-state index contributed by atoms with van der Waals surface area (Å²) >= 11 is 0. The van der Waals surface area contributed by atoms with Crippen molar-refractivity contribution < 1.29 is 23.8 Å². The van der Waals surface area contributed by atoms with Gasteiger partial charge in [-0.15, -0.1) is 0 Å². The lowest BCUT2D eigenvalue weighted by Crippen LogP contribution is -2.34. The summed E-state index contributed by atoms with van der Waals surface area (Å²) in [4.78, 5) is 22.7. The fraction of sp³-hybridized carbons (Fsp3) is 0.429. The quantitative estimate of drug-likeness (QED) is 0.796. The molecule has 5 nitrogen and oxygen atoms in total. The number of ether oxygens (including phenoxy) is 1. The first kappa shape index (κ1) is 16.1. The number of hydrogen-bond donors (Lipinski definition) is 2. The van der Waals surface area contributed by atoms with E-state index >= 15 is 0 Å². The van der Waals surface area contributed by atoms with E-state index in [1.165, 1.54) is 24.3 Å². The molecule has 0 aliphatic heterocycles. The van der Waals surface area contributed by atoms with Crippen LogP contribution in [0.1, 0.15) is 25.3 Å². The lowest BCUT2D eigenvalue weighted by Gasteiger charge is -2.14. The van der Waals surface area contributed by atoms with Crippen LogP contribution in [0.3, 0.4) is 0 Å². The van der Waals surface area contributed by atoms with Gasteiger partial charge in [-0.2, -0.15) is 0 Å². The molecule has 1 aromatic carbocycles. The van der Waals surface area contributed by atoms with Gasteiger partial charge in [0.05, 0.1) is 12.0 Å². The van der Waals surface area contributed by atoms with Crippen LogP contribution in [0.4, 0.5) is 4.39 Å². The molecule has 0 bridgehead atoms. The van der Waals surface area contributed by atoms with E-state index in [-0.39, 0.29) is 25.2 Å². The number of nitrogens with one attached hydrogen (secondary N) is 1. The predicted octanol–water partition coefficient (Wildman–Crippen LogP) is 1.54. The van der Waals surface area contributed by atoms with E-state index in [1.807, 2.05) is 0 Å². The van der Waals surface area contributed by atoms with Crippen molar-refractivity contribution in [2.24, 2.45) is 0 Å². The third-order valence-corrected chi connectivity index (χ3v) is 2.62. The highest BCUT2D eigenvalue weighted by Crippen LogP contribution is 2.15. The van der Waals surface area contributed by atoms with Crippen molar-refractivity contribution in [1.82, 2.24) is 5.32 Å². The summed E-state index contributed by atoms with van der Waals surface area (Å²) in [6.45, 7) is 3.41. The molecule has 0 saturated heterocycles. The largest absolute Gasteiger partial charge is 0.481 e. The Bertz CT molecular complexity index is 459. The molecule has 1 rings (SSSR count). The van der Waals surface area contributed by atoms with Crippen LogP contribution in [-0.4, -0.2) is 36.2 Å². The number of halogens is 1. The van der Waals surface area contributed by atoms with Crippen LogP contribution in [0.25, 0.3) is 0 Å². The topological polar surface area (TPSA) is 75.6 Å². The molecular weight excluding hydrogens is 265 g/mol. The maximum atomic E-state index is 12.8. The monoisotopic (exact) mass is 283 g/mol. The summed E-state index contributed by atoms with van der Waals surface area (Å²) in [6, 6.07) is 5.17. The van der Waals surface area contributed by atoms with Crippen molar-refractivity contribution in [3.8, 4) is 0 Å². The number of benzene rings is 1. The highest BCUT2D eigenvalue weighted by molar-refractivity contribution is 5.80. The number of amides is 1. The Morgan fingerprint density at radius 3 is 2.40 bits per heavy atom. The fourth-order valence-electron chi connectivity index (χ4n) is 1.55. The van der Waals surface area contributed by atoms with Gasteiger partial charge in [-0.3, -0.25) is 9.59 Å². The van der Waals surface area contributed by atoms with Crippen molar-refractivity contribution in [1.29, 1.82) is 0 Å². The number of carboxylic acid groups (broad SMARTS) is 1. The standard InChI is InChI=1S/C14H18FNO4/c1-9(2)20-8-13(17)16-7-12(14(18)19)10-3-5-11(15)6-4-10/h3-6,9,12H,7-8H2,1-2H3,(H,16,17)(H,18,19). The van der Waals surface area contributed by atoms with Gasteiger partial charge in [0.15, 0.2) is 0 Å². The second kappa shape index (κ2) is 7.59. The van der Waals surface area contributed by atoms with Crippen LogP contribution in [0.5, 0.6) is 0 Å². The molecule has 20 heavy (non-hydrogen) atoms. The van der Waals surface area contributed by atoms with Gasteiger partial charge in [-0.1, -0.05) is 12.1 Å². The SMILES string of the molecule is CC(C)OCC(=O)NCC(C(=O)O)c1ccc(F)cc1. The third-order valence-electron chi connectivity index (χ3n) is 2.62. The average Bonchev–Trinajstić information content (AvgIpc) is 2.38. The summed E-state index contributed by atoms with van der Waals surface area (Å²) in [5, 5.41) is 11.6. The summed E-state index contributed by atoms with van der Waals surface area (Å²) < 4.78 is 17.9. The summed E-state index contributed by atoms with van der Waals surface area (Å²) in [7, 11) is 0. The van der Waals surface area contributed by atoms with E-state index in [0.717, 1.165) is 0 Å². The van der Waals surface area contributed by atoms with Gasteiger partial charge < -0.3 is 15.2 Å². The van der Waals surface area contributed by atoms with Crippen LogP contribution in [0, 0.1) is 5.82 Å². The predicted molar refractivity (Wildman–Crippen MR) is 70.9 cm³/mol. The van der Waals surface area contributed by atoms with Crippen LogP contribution < -0.4 is 5.32 Å². The van der Waals surface area contributed by atoms with Crippen molar-refractivity contribution in [3.63, 3.8) is 0 Å². The van der Waals surface area contributed by atoms with E-state index in [4.69, 9.17) is 9.84 Å². The minimum absolute atomic E-state index is 0.0682. The molecule has 1 amide bonds. The van der Waals surface area contributed by atoms with Crippen molar-refractivity contribution in [3.05, 3.63) is 35.6 Å². The molecule has 1 atom stereocenters. The lowest BCUT2D eigenvalue weighted by atomic mass is 9.99. The Kier molecular flexibility index (Phi) is 6.11. The zero-order chi connectivity index (χ0) is 15.1. The number of aliphatic carboxylic acids is 1. The minimum Gasteiger partial charge on any atom is -0.481 e. The Morgan fingerprint density at radius 2 is 1.90 bits per heavy atom. The number of hydrogen-bond acceptors (Lipinski definition) is 3. The Labute approximate surface area is 116 Å². The summed E-state index contributed by atoms with van der Waals surface area (Å²) in [5.74, 6) is -2.82. The first-order valence-electron chi connectivity index (χ1n) is 6.26. The molecule has 1 unspecified atom stereocenters. The zero-order valence-electron chi connectivity index (χ0n) is 11.4. The highest BCUT2D eigenvalue weighted by Gasteiger charge is 2.20. The van der Waals surface area contributed by atoms with Crippen molar-refractivity contribution in [2.45, 2.75) is 25.9 Å². The zero-order valence-corrected chi connectivity index (χ0v) is 11.4. The Morgan fingerprint density at radius 1 is 1.30 bits per heavy atom. The summed E-state index contributed by atoms with van der Waals surface area (Å²) in [5.41, 5.74) is 0.434. The second-order valence-corrected chi connectivity index (χ2v) is 4.61. The normalized spacial score (nSPS) is 12.2. The van der Waals surface area contributed by atoms with Gasteiger partial charge in [0.1, 0.15) is 12.4 Å². The molecule has 0 aromatic heterocycles. The van der Waals surface area contributed by atoms with Gasteiger partial charge in [-0.05, 0) is 31.5 Å². The van der Waals surface area contributed by atoms with E-state index in [0.29, 0.717) is 5.56 Å². The Hall–Kier alpha value is -1.95. The van der Waals surface area contributed by atoms with E-state index in [9.17, 15) is 14.0 Å². The van der Waals surface area contributed by atoms with Crippen molar-refractivity contribution >= 4 is 11.9 Å². The molecule has 0 radical (unpaired) electrons. The van der Waals surface area contributed by atoms with Gasteiger partial charge in [-0.25, -0.2) is 4.39 Å². The lowest BCUT2D eigenvalue weighted by molar-refractivity contribution is -0.138. The fourth-order valence-corrected chi connectivity index (χ4v) is 1.55. The van der Waals surface area contributed by atoms with Crippen LogP contribution in [0.2, 0.25) is 0 Å². The van der Waals surface area contributed by atoms with Gasteiger partial charge >= 0.3 is 5.97 Å². The number of carbonyl (C=O) groups is 2. The first-order valence-corrected chi connectivity index (χ1v) is 6.26. The molecule has 0 fully saturated rings. The highest BCUT2D eigenvalue weighted by atomic mass is 19.1. The summed E-state index contributed by atoms with van der Waals surface area (Å²) in [6.07, 6.45) is -0.0758. The van der Waals surface area contributed by atoms with Crippen LogP contribution in [0.15, 0.2) is 24.3 Å². The van der Waals surface area contributed by atoms with Gasteiger partial charge in [0.25, 0.3) is 0 Å². The molecule has 0 spiro atoms. The molecular formula is C14H18FNO4. The van der Waals surface area contributed by atoms with Crippen LogP contribution >= 0.6 is 0 Å². The smallest absolute Gasteiger partial charge is 0.312 e. The van der Waals surface area contributed by atoms with Crippen molar-refractivity contribution in [2.75, 3.05) is 13.2 Å². The van der Waals surface area contributed by atoms with Gasteiger partial charge in [0.2, 0.25) is 5.91 Å². The third kappa shape index (κ3) is 5.36. The molecule has 2 N–H and O–H groups in total. The molecule has 110 valence electrons. The Balaban J connectivity index is 2.58.